The third-order valence-corrected chi connectivity index (χ3v) is 5.18. The molecule has 1 aliphatic heterocycles. The molecular weight excluding hydrogens is 443 g/mol. The number of pyridine rings is 1. The monoisotopic (exact) mass is 470 g/mol. The maximum atomic E-state index is 14.2. The van der Waals surface area contributed by atoms with Crippen LogP contribution < -0.4 is 9.64 Å². The van der Waals surface area contributed by atoms with Crippen LogP contribution in [0, 0.1) is 17.1 Å². The summed E-state index contributed by atoms with van der Waals surface area (Å²) in [5.41, 5.74) is 0.106. The Morgan fingerprint density at radius 2 is 2.09 bits per heavy atom. The molecule has 1 saturated heterocycles. The van der Waals surface area contributed by atoms with Crippen LogP contribution in [0.3, 0.4) is 0 Å². The van der Waals surface area contributed by atoms with Crippen LogP contribution in [0.4, 0.5) is 15.0 Å². The van der Waals surface area contributed by atoms with Gasteiger partial charge in [0.05, 0.1) is 29.8 Å². The summed E-state index contributed by atoms with van der Waals surface area (Å²) in [5.74, 6) is -0.103. The van der Waals surface area contributed by atoms with Gasteiger partial charge in [-0.3, -0.25) is 4.79 Å². The molecule has 0 spiro atoms. The first-order valence-electron chi connectivity index (χ1n) is 10.8. The second-order valence-electron chi connectivity index (χ2n) is 8.84. The Bertz CT molecular complexity index is 1100. The van der Waals surface area contributed by atoms with Crippen molar-refractivity contribution in [3.63, 3.8) is 0 Å². The number of nitriles is 1. The third kappa shape index (κ3) is 5.99. The lowest BCUT2D eigenvalue weighted by Crippen LogP contribution is -2.57. The second-order valence-corrected chi connectivity index (χ2v) is 8.84. The van der Waals surface area contributed by atoms with E-state index in [1.54, 1.807) is 25.7 Å². The Morgan fingerprint density at radius 3 is 2.71 bits per heavy atom. The zero-order valence-electron chi connectivity index (χ0n) is 19.3. The molecule has 10 heteroatoms. The number of anilines is 1. The first-order valence-corrected chi connectivity index (χ1v) is 10.8. The van der Waals surface area contributed by atoms with Crippen molar-refractivity contribution in [3.05, 3.63) is 52.8 Å². The van der Waals surface area contributed by atoms with E-state index in [0.29, 0.717) is 30.8 Å². The molecule has 34 heavy (non-hydrogen) atoms. The lowest BCUT2D eigenvalue weighted by Gasteiger charge is -2.41. The number of aromatic nitrogens is 1. The molecule has 1 atom stereocenters. The summed E-state index contributed by atoms with van der Waals surface area (Å²) in [7, 11) is 0. The quantitative estimate of drug-likeness (QED) is 0.641. The maximum absolute atomic E-state index is 14.2. The number of aldehydes is 1. The van der Waals surface area contributed by atoms with Crippen LogP contribution in [0.5, 0.6) is 5.88 Å². The van der Waals surface area contributed by atoms with Gasteiger partial charge in [-0.25, -0.2) is 9.18 Å². The van der Waals surface area contributed by atoms with Gasteiger partial charge in [-0.1, -0.05) is 6.07 Å². The molecule has 0 aliphatic carbocycles. The maximum Gasteiger partial charge on any atom is 0.410 e. The number of hydrogen-bond acceptors (Lipinski definition) is 8. The Labute approximate surface area is 197 Å². The highest BCUT2D eigenvalue weighted by atomic mass is 19.1. The van der Waals surface area contributed by atoms with Crippen molar-refractivity contribution in [1.82, 2.24) is 9.88 Å². The molecule has 1 amide bonds. The number of carbonyl (C=O) groups is 2. The number of piperazine rings is 1. The van der Waals surface area contributed by atoms with Crippen molar-refractivity contribution in [2.45, 2.75) is 39.0 Å². The van der Waals surface area contributed by atoms with E-state index in [1.807, 2.05) is 6.07 Å². The van der Waals surface area contributed by atoms with Gasteiger partial charge >= 0.3 is 6.09 Å². The van der Waals surface area contributed by atoms with E-state index in [2.05, 4.69) is 4.98 Å². The molecule has 1 aliphatic rings. The first-order chi connectivity index (χ1) is 16.1. The van der Waals surface area contributed by atoms with Gasteiger partial charge in [0.25, 0.3) is 0 Å². The van der Waals surface area contributed by atoms with Gasteiger partial charge in [0.1, 0.15) is 23.8 Å². The summed E-state index contributed by atoms with van der Waals surface area (Å²) in [5, 5.41) is 18.8. The summed E-state index contributed by atoms with van der Waals surface area (Å²) < 4.78 is 25.2. The standard InChI is InChI=1S/C24H27FN4O5/c1-24(2,3)34-23(32)28-8-9-29(19(12-28)14-31)22-17(13-30)6-7-21(27-22)33-15-18-5-4-16(11-26)10-20(18)25/h4-7,10,13,19,31H,8-9,12,14-15H2,1-3H3. The summed E-state index contributed by atoms with van der Waals surface area (Å²) in [6, 6.07) is 8.48. The summed E-state index contributed by atoms with van der Waals surface area (Å²) in [6.45, 7) is 5.74. The summed E-state index contributed by atoms with van der Waals surface area (Å²) >= 11 is 0. The van der Waals surface area contributed by atoms with Crippen molar-refractivity contribution < 1.29 is 28.6 Å². The molecular formula is C24H27FN4O5. The van der Waals surface area contributed by atoms with Crippen LogP contribution in [0.15, 0.2) is 30.3 Å². The summed E-state index contributed by atoms with van der Waals surface area (Å²) in [6.07, 6.45) is 0.178. The van der Waals surface area contributed by atoms with Gasteiger partial charge in [-0.05, 0) is 39.0 Å². The van der Waals surface area contributed by atoms with Crippen LogP contribution >= 0.6 is 0 Å². The van der Waals surface area contributed by atoms with E-state index in [9.17, 15) is 19.1 Å². The molecule has 0 bridgehead atoms. The van der Waals surface area contributed by atoms with E-state index in [-0.39, 0.29) is 36.8 Å². The van der Waals surface area contributed by atoms with Crippen LogP contribution in [0.1, 0.15) is 42.3 Å². The number of nitrogens with zero attached hydrogens (tertiary/aromatic N) is 4. The third-order valence-electron chi connectivity index (χ3n) is 5.18. The zero-order chi connectivity index (χ0) is 24.9. The Balaban J connectivity index is 1.77. The number of benzene rings is 1. The van der Waals surface area contributed by atoms with Crippen LogP contribution in [0.2, 0.25) is 0 Å². The fourth-order valence-electron chi connectivity index (χ4n) is 3.51. The van der Waals surface area contributed by atoms with Gasteiger partial charge in [0.15, 0.2) is 6.29 Å². The average Bonchev–Trinajstić information content (AvgIpc) is 2.81. The number of halogens is 1. The number of carbonyl (C=O) groups excluding carboxylic acids is 2. The van der Waals surface area contributed by atoms with Gasteiger partial charge in [-0.2, -0.15) is 10.2 Å². The molecule has 2 aromatic rings. The highest BCUT2D eigenvalue weighted by Gasteiger charge is 2.33. The van der Waals surface area contributed by atoms with E-state index < -0.39 is 23.6 Å². The number of hydrogen-bond donors (Lipinski definition) is 1. The highest BCUT2D eigenvalue weighted by Crippen LogP contribution is 2.26. The predicted molar refractivity (Wildman–Crippen MR) is 121 cm³/mol. The molecule has 1 fully saturated rings. The van der Waals surface area contributed by atoms with E-state index >= 15 is 0 Å². The molecule has 0 radical (unpaired) electrons. The number of ether oxygens (including phenoxy) is 2. The minimum atomic E-state index is -0.644. The topological polar surface area (TPSA) is 116 Å². The van der Waals surface area contributed by atoms with Gasteiger partial charge in [0.2, 0.25) is 5.88 Å². The van der Waals surface area contributed by atoms with Crippen molar-refractivity contribution >= 4 is 18.2 Å². The SMILES string of the molecule is CC(C)(C)OC(=O)N1CCN(c2nc(OCc3ccc(C#N)cc3F)ccc2C=O)C(CO)C1. The Morgan fingerprint density at radius 1 is 1.32 bits per heavy atom. The minimum Gasteiger partial charge on any atom is -0.473 e. The zero-order valence-corrected chi connectivity index (χ0v) is 19.3. The molecule has 1 N–H and O–H groups in total. The van der Waals surface area contributed by atoms with Crippen LogP contribution in [0.25, 0.3) is 0 Å². The smallest absolute Gasteiger partial charge is 0.410 e. The second kappa shape index (κ2) is 10.5. The molecule has 0 saturated carbocycles. The number of aliphatic hydroxyl groups is 1. The van der Waals surface area contributed by atoms with Gasteiger partial charge < -0.3 is 24.4 Å². The fourth-order valence-corrected chi connectivity index (χ4v) is 3.51. The van der Waals surface area contributed by atoms with Crippen molar-refractivity contribution in [1.29, 1.82) is 5.26 Å². The summed E-state index contributed by atoms with van der Waals surface area (Å²) in [4.78, 5) is 31.8. The van der Waals surface area contributed by atoms with Crippen LogP contribution in [-0.4, -0.2) is 65.3 Å². The van der Waals surface area contributed by atoms with Crippen LogP contribution in [-0.2, 0) is 11.3 Å². The predicted octanol–water partition coefficient (Wildman–Crippen LogP) is 2.90. The average molecular weight is 471 g/mol. The molecule has 180 valence electrons. The lowest BCUT2D eigenvalue weighted by molar-refractivity contribution is 0.0196. The molecule has 2 heterocycles. The first kappa shape index (κ1) is 24.9. The Hall–Kier alpha value is -3.71. The van der Waals surface area contributed by atoms with E-state index in [1.165, 1.54) is 29.2 Å². The van der Waals surface area contributed by atoms with E-state index in [4.69, 9.17) is 14.7 Å². The normalized spacial score (nSPS) is 16.1. The lowest BCUT2D eigenvalue weighted by atomic mass is 10.1. The molecule has 1 unspecified atom stereocenters. The van der Waals surface area contributed by atoms with Crippen molar-refractivity contribution in [3.8, 4) is 11.9 Å². The molecule has 9 nitrogen and oxygen atoms in total. The van der Waals surface area contributed by atoms with Crippen molar-refractivity contribution in [2.75, 3.05) is 31.1 Å². The number of aliphatic hydroxyl groups excluding tert-OH is 1. The number of amides is 1. The van der Waals surface area contributed by atoms with Gasteiger partial charge in [0, 0.05) is 31.3 Å². The molecule has 1 aromatic heterocycles. The Kier molecular flexibility index (Phi) is 7.68. The highest BCUT2D eigenvalue weighted by molar-refractivity contribution is 5.83. The number of rotatable bonds is 6. The minimum absolute atomic E-state index is 0.125. The molecule has 3 rings (SSSR count). The fraction of sp³-hybridized carbons (Fsp3) is 0.417. The largest absolute Gasteiger partial charge is 0.473 e. The van der Waals surface area contributed by atoms with Crippen molar-refractivity contribution in [2.24, 2.45) is 0 Å². The van der Waals surface area contributed by atoms with E-state index in [0.717, 1.165) is 6.07 Å². The molecule has 1 aromatic carbocycles. The van der Waals surface area contributed by atoms with Gasteiger partial charge in [-0.15, -0.1) is 0 Å².